The molecule has 0 radical (unpaired) electrons. The van der Waals surface area contributed by atoms with Crippen molar-refractivity contribution in [3.8, 4) is 11.3 Å². The number of fused-ring (bicyclic) bond motifs is 1. The molecule has 0 spiro atoms. The van der Waals surface area contributed by atoms with Crippen LogP contribution >= 0.6 is 0 Å². The highest BCUT2D eigenvalue weighted by Gasteiger charge is 2.34. The number of nitrogens with zero attached hydrogens (tertiary/aromatic N) is 2. The number of amides is 1. The van der Waals surface area contributed by atoms with Crippen LogP contribution in [0.15, 0.2) is 35.2 Å². The molecule has 2 heterocycles. The SMILES string of the molecule is CCCC(C)(C)OC(=O)NCCc1ccc2c(C)c(F)c(-c3c(F)cc(S(=O)(=O)N4CC[C@H](F)C4)cc3F)nc2c1. The number of nitrogens with one attached hydrogen (secondary N) is 1. The summed E-state index contributed by atoms with van der Waals surface area (Å²) in [6, 6.07) is 6.21. The molecule has 7 nitrogen and oxygen atoms in total. The Bertz CT molecular complexity index is 1560. The predicted molar refractivity (Wildman–Crippen MR) is 147 cm³/mol. The molecule has 0 saturated carbocycles. The minimum atomic E-state index is -4.34. The lowest BCUT2D eigenvalue weighted by molar-refractivity contribution is 0.0324. The van der Waals surface area contributed by atoms with Gasteiger partial charge in [-0.05, 0) is 69.4 Å². The molecule has 1 fully saturated rings. The minimum Gasteiger partial charge on any atom is -0.444 e. The van der Waals surface area contributed by atoms with E-state index in [-0.39, 0.29) is 30.6 Å². The van der Waals surface area contributed by atoms with Crippen LogP contribution in [0.1, 0.15) is 51.2 Å². The van der Waals surface area contributed by atoms with Crippen molar-refractivity contribution in [3.63, 3.8) is 0 Å². The first-order chi connectivity index (χ1) is 19.2. The van der Waals surface area contributed by atoms with E-state index in [0.717, 1.165) is 16.3 Å². The van der Waals surface area contributed by atoms with Crippen molar-refractivity contribution in [2.75, 3.05) is 19.6 Å². The van der Waals surface area contributed by atoms with Crippen molar-refractivity contribution in [2.45, 2.75) is 70.0 Å². The van der Waals surface area contributed by atoms with Crippen LogP contribution in [0.2, 0.25) is 0 Å². The van der Waals surface area contributed by atoms with Crippen LogP contribution in [-0.2, 0) is 21.2 Å². The molecule has 1 N–H and O–H groups in total. The number of sulfonamides is 1. The van der Waals surface area contributed by atoms with E-state index in [1.54, 1.807) is 18.2 Å². The Hall–Kier alpha value is -3.25. The smallest absolute Gasteiger partial charge is 0.407 e. The Labute approximate surface area is 237 Å². The Kier molecular flexibility index (Phi) is 8.93. The summed E-state index contributed by atoms with van der Waals surface area (Å²) >= 11 is 0. The molecule has 0 unspecified atom stereocenters. The summed E-state index contributed by atoms with van der Waals surface area (Å²) in [7, 11) is -4.34. The average Bonchev–Trinajstić information content (AvgIpc) is 3.33. The van der Waals surface area contributed by atoms with Crippen LogP contribution in [0.5, 0.6) is 0 Å². The van der Waals surface area contributed by atoms with Gasteiger partial charge in [0.15, 0.2) is 5.82 Å². The summed E-state index contributed by atoms with van der Waals surface area (Å²) in [5.74, 6) is -3.57. The maximum Gasteiger partial charge on any atom is 0.407 e. The topological polar surface area (TPSA) is 88.6 Å². The molecule has 3 aromatic rings. The second-order valence-electron chi connectivity index (χ2n) is 10.8. The number of halogens is 4. The number of aromatic nitrogens is 1. The van der Waals surface area contributed by atoms with E-state index >= 15 is 13.2 Å². The van der Waals surface area contributed by atoms with Gasteiger partial charge in [-0.15, -0.1) is 0 Å². The monoisotopic (exact) mass is 595 g/mol. The normalized spacial score (nSPS) is 16.3. The van der Waals surface area contributed by atoms with Gasteiger partial charge in [0.05, 0.1) is 16.0 Å². The molecule has 1 aromatic heterocycles. The quantitative estimate of drug-likeness (QED) is 0.297. The predicted octanol–water partition coefficient (Wildman–Crippen LogP) is 6.21. The first-order valence-electron chi connectivity index (χ1n) is 13.4. The second-order valence-corrected chi connectivity index (χ2v) is 12.8. The molecule has 0 bridgehead atoms. The number of pyridine rings is 1. The van der Waals surface area contributed by atoms with Crippen molar-refractivity contribution >= 4 is 27.0 Å². The number of carbonyl (C=O) groups excluding carboxylic acids is 1. The Morgan fingerprint density at radius 1 is 1.17 bits per heavy atom. The molecule has 1 saturated heterocycles. The second kappa shape index (κ2) is 11.9. The summed E-state index contributed by atoms with van der Waals surface area (Å²) in [5.41, 5.74) is -0.893. The molecule has 2 aromatic carbocycles. The summed E-state index contributed by atoms with van der Waals surface area (Å²) in [5, 5.41) is 3.12. The van der Waals surface area contributed by atoms with E-state index < -0.39 is 68.0 Å². The average molecular weight is 596 g/mol. The third-order valence-corrected chi connectivity index (χ3v) is 8.97. The van der Waals surface area contributed by atoms with Crippen molar-refractivity contribution in [2.24, 2.45) is 0 Å². The van der Waals surface area contributed by atoms with Crippen molar-refractivity contribution in [3.05, 3.63) is 58.9 Å². The Morgan fingerprint density at radius 2 is 1.85 bits per heavy atom. The molecular weight excluding hydrogens is 562 g/mol. The maximum absolute atomic E-state index is 15.4. The molecule has 4 rings (SSSR count). The van der Waals surface area contributed by atoms with E-state index in [9.17, 15) is 17.6 Å². The lowest BCUT2D eigenvalue weighted by Gasteiger charge is -2.24. The first kappa shape index (κ1) is 30.7. The lowest BCUT2D eigenvalue weighted by Crippen LogP contribution is -2.35. The van der Waals surface area contributed by atoms with Crippen molar-refractivity contribution < 1.29 is 35.5 Å². The van der Waals surface area contributed by atoms with E-state index in [4.69, 9.17) is 4.74 Å². The molecule has 1 atom stereocenters. The van der Waals surface area contributed by atoms with Crippen LogP contribution < -0.4 is 5.32 Å². The van der Waals surface area contributed by atoms with Gasteiger partial charge in [-0.25, -0.2) is 35.8 Å². The fraction of sp³-hybridized carbons (Fsp3) is 0.448. The highest BCUT2D eigenvalue weighted by molar-refractivity contribution is 7.89. The van der Waals surface area contributed by atoms with E-state index in [1.807, 2.05) is 20.8 Å². The standard InChI is InChI=1S/C29H33F4N3O4S/c1-5-10-29(3,4)40-28(37)34-11-8-18-6-7-21-17(2)26(33)27(35-24(21)13-18)25-22(31)14-20(15-23(25)32)41(38,39)36-12-9-19(30)16-36/h6-7,13-15,19H,5,8-12,16H2,1-4H3,(H,34,37)/t19-/m0/s1. The number of rotatable bonds is 9. The van der Waals surface area contributed by atoms with Gasteiger partial charge in [0.25, 0.3) is 0 Å². The molecule has 0 aliphatic carbocycles. The molecule has 12 heteroatoms. The van der Waals surface area contributed by atoms with Crippen LogP contribution in [0.25, 0.3) is 22.2 Å². The largest absolute Gasteiger partial charge is 0.444 e. The van der Waals surface area contributed by atoms with Crippen molar-refractivity contribution in [1.29, 1.82) is 0 Å². The van der Waals surface area contributed by atoms with E-state index in [0.29, 0.717) is 30.4 Å². The van der Waals surface area contributed by atoms with Crippen LogP contribution in [-0.4, -0.2) is 55.2 Å². The number of aryl methyl sites for hydroxylation is 1. The zero-order valence-electron chi connectivity index (χ0n) is 23.4. The molecule has 1 amide bonds. The summed E-state index contributed by atoms with van der Waals surface area (Å²) < 4.78 is 91.2. The van der Waals surface area contributed by atoms with Gasteiger partial charge in [-0.1, -0.05) is 25.5 Å². The van der Waals surface area contributed by atoms with Gasteiger partial charge in [0, 0.05) is 25.0 Å². The number of hydrogen-bond acceptors (Lipinski definition) is 5. The minimum absolute atomic E-state index is 0.00690. The van der Waals surface area contributed by atoms with E-state index in [1.165, 1.54) is 6.92 Å². The summed E-state index contributed by atoms with van der Waals surface area (Å²) in [6.07, 6.45) is 0.0548. The van der Waals surface area contributed by atoms with Gasteiger partial charge < -0.3 is 10.1 Å². The highest BCUT2D eigenvalue weighted by atomic mass is 32.2. The third kappa shape index (κ3) is 6.64. The molecule has 41 heavy (non-hydrogen) atoms. The van der Waals surface area contributed by atoms with Crippen molar-refractivity contribution in [1.82, 2.24) is 14.6 Å². The number of alkyl carbamates (subject to hydrolysis) is 1. The van der Waals surface area contributed by atoms with E-state index in [2.05, 4.69) is 10.3 Å². The van der Waals surface area contributed by atoms with Gasteiger partial charge in [-0.3, -0.25) is 0 Å². The molecule has 1 aliphatic rings. The van der Waals surface area contributed by atoms with Gasteiger partial charge in [0.1, 0.15) is 29.1 Å². The first-order valence-corrected chi connectivity index (χ1v) is 14.9. The lowest BCUT2D eigenvalue weighted by atomic mass is 10.0. The molecule has 1 aliphatic heterocycles. The fourth-order valence-corrected chi connectivity index (χ4v) is 6.51. The zero-order chi connectivity index (χ0) is 30.1. The Morgan fingerprint density at radius 3 is 2.46 bits per heavy atom. The van der Waals surface area contributed by atoms with Crippen LogP contribution in [0, 0.1) is 24.4 Å². The van der Waals surface area contributed by atoms with Gasteiger partial charge in [-0.2, -0.15) is 4.31 Å². The number of benzene rings is 2. The molecule has 222 valence electrons. The van der Waals surface area contributed by atoms with Gasteiger partial charge >= 0.3 is 6.09 Å². The highest BCUT2D eigenvalue weighted by Crippen LogP contribution is 2.34. The summed E-state index contributed by atoms with van der Waals surface area (Å²) in [4.78, 5) is 15.7. The van der Waals surface area contributed by atoms with Crippen LogP contribution in [0.3, 0.4) is 0 Å². The number of carbonyl (C=O) groups is 1. The zero-order valence-corrected chi connectivity index (χ0v) is 24.2. The fourth-order valence-electron chi connectivity index (χ4n) is 5.00. The van der Waals surface area contributed by atoms with Gasteiger partial charge in [0.2, 0.25) is 10.0 Å². The van der Waals surface area contributed by atoms with Crippen LogP contribution in [0.4, 0.5) is 22.4 Å². The number of alkyl halides is 1. The third-order valence-electron chi connectivity index (χ3n) is 7.12. The number of hydrogen-bond donors (Lipinski definition) is 1. The maximum atomic E-state index is 15.4. The molecular formula is C29H33F4N3O4S. The summed E-state index contributed by atoms with van der Waals surface area (Å²) in [6.45, 7) is 6.85. The number of ether oxygens (including phenoxy) is 1. The Balaban J connectivity index is 1.60.